The van der Waals surface area contributed by atoms with Gasteiger partial charge in [-0.2, -0.15) is 0 Å². The molecule has 9 aromatic rings. The molecule has 0 fully saturated rings. The Morgan fingerprint density at radius 2 is 1.34 bits per heavy atom. The number of ether oxygens (including phenoxy) is 1. The number of aromatic nitrogens is 1. The largest absolute Gasteiger partial charge is 0.485 e. The van der Waals surface area contributed by atoms with Gasteiger partial charge in [-0.3, -0.25) is 0 Å². The van der Waals surface area contributed by atoms with Gasteiger partial charge in [0.25, 0.3) is 0 Å². The molecular formula is C46H30N2O2. The van der Waals surface area contributed by atoms with E-state index < -0.39 is 0 Å². The van der Waals surface area contributed by atoms with Crippen molar-refractivity contribution in [3.8, 4) is 11.4 Å². The highest BCUT2D eigenvalue weighted by Crippen LogP contribution is 2.48. The Labute approximate surface area is 288 Å². The summed E-state index contributed by atoms with van der Waals surface area (Å²) in [4.78, 5) is 2.39. The van der Waals surface area contributed by atoms with E-state index in [1.54, 1.807) is 0 Å². The average molecular weight is 643 g/mol. The highest BCUT2D eigenvalue weighted by Gasteiger charge is 2.34. The van der Waals surface area contributed by atoms with Gasteiger partial charge in [-0.05, 0) is 77.5 Å². The fraction of sp³-hybridized carbons (Fsp3) is 0.0435. The van der Waals surface area contributed by atoms with E-state index in [2.05, 4.69) is 173 Å². The first-order valence-electron chi connectivity index (χ1n) is 17.2. The fourth-order valence-electron chi connectivity index (χ4n) is 8.29. The predicted molar refractivity (Wildman–Crippen MR) is 206 cm³/mol. The molecule has 4 nitrogen and oxygen atoms in total. The first kappa shape index (κ1) is 27.4. The topological polar surface area (TPSA) is 30.5 Å². The summed E-state index contributed by atoms with van der Waals surface area (Å²) in [5, 5.41) is 7.11. The summed E-state index contributed by atoms with van der Waals surface area (Å²) in [7, 11) is 0. The third-order valence-corrected chi connectivity index (χ3v) is 10.4. The zero-order valence-electron chi connectivity index (χ0n) is 27.1. The monoisotopic (exact) mass is 642 g/mol. The van der Waals surface area contributed by atoms with Crippen LogP contribution in [0.2, 0.25) is 0 Å². The molecule has 0 radical (unpaired) electrons. The van der Waals surface area contributed by atoms with E-state index in [1.165, 1.54) is 38.2 Å². The molecule has 7 aromatic carbocycles. The number of benzene rings is 7. The molecule has 0 N–H and O–H groups in total. The number of para-hydroxylation sites is 3. The number of allylic oxidation sites excluding steroid dienone is 1. The molecule has 0 saturated heterocycles. The molecule has 0 amide bonds. The first-order valence-corrected chi connectivity index (χ1v) is 17.2. The Morgan fingerprint density at radius 3 is 2.28 bits per heavy atom. The lowest BCUT2D eigenvalue weighted by Gasteiger charge is -2.31. The molecule has 50 heavy (non-hydrogen) atoms. The zero-order valence-corrected chi connectivity index (χ0v) is 27.1. The molecule has 0 spiro atoms. The maximum absolute atomic E-state index is 6.61. The summed E-state index contributed by atoms with van der Waals surface area (Å²) in [5.41, 5.74) is 10.9. The molecule has 11 rings (SSSR count). The number of rotatable bonds is 4. The van der Waals surface area contributed by atoms with Crippen molar-refractivity contribution in [2.75, 3.05) is 4.90 Å². The van der Waals surface area contributed by atoms with Gasteiger partial charge < -0.3 is 18.6 Å². The summed E-state index contributed by atoms with van der Waals surface area (Å²) >= 11 is 0. The van der Waals surface area contributed by atoms with Crippen LogP contribution in [0.15, 0.2) is 174 Å². The number of hydrogen-bond acceptors (Lipinski definition) is 3. The van der Waals surface area contributed by atoms with Gasteiger partial charge in [-0.1, -0.05) is 91.0 Å². The summed E-state index contributed by atoms with van der Waals surface area (Å²) < 4.78 is 15.5. The van der Waals surface area contributed by atoms with Gasteiger partial charge >= 0.3 is 0 Å². The van der Waals surface area contributed by atoms with Gasteiger partial charge in [0.1, 0.15) is 23.0 Å². The highest BCUT2D eigenvalue weighted by molar-refractivity contribution is 6.19. The summed E-state index contributed by atoms with van der Waals surface area (Å²) in [6.07, 6.45) is 5.31. The lowest BCUT2D eigenvalue weighted by atomic mass is 9.93. The minimum atomic E-state index is -0.0417. The molecule has 3 heterocycles. The van der Waals surface area contributed by atoms with Crippen LogP contribution in [0, 0.1) is 0 Å². The summed E-state index contributed by atoms with van der Waals surface area (Å²) in [6, 6.07) is 54.1. The van der Waals surface area contributed by atoms with Gasteiger partial charge in [-0.25, -0.2) is 0 Å². The van der Waals surface area contributed by atoms with E-state index in [1.807, 2.05) is 0 Å². The summed E-state index contributed by atoms with van der Waals surface area (Å²) in [6.45, 7) is 0. The number of fused-ring (bicyclic) bond motifs is 11. The van der Waals surface area contributed by atoms with Crippen LogP contribution >= 0.6 is 0 Å². The number of anilines is 2. The molecule has 0 bridgehead atoms. The van der Waals surface area contributed by atoms with Crippen LogP contribution in [-0.4, -0.2) is 10.7 Å². The first-order chi connectivity index (χ1) is 24.8. The number of hydrogen-bond donors (Lipinski definition) is 0. The molecule has 2 aromatic heterocycles. The quantitative estimate of drug-likeness (QED) is 0.191. The smallest absolute Gasteiger partial charge is 0.137 e. The van der Waals surface area contributed by atoms with Crippen molar-refractivity contribution in [1.82, 2.24) is 4.57 Å². The van der Waals surface area contributed by atoms with Crippen LogP contribution < -0.4 is 9.64 Å². The van der Waals surface area contributed by atoms with E-state index >= 15 is 0 Å². The van der Waals surface area contributed by atoms with Gasteiger partial charge in [0.05, 0.1) is 16.7 Å². The van der Waals surface area contributed by atoms with Gasteiger partial charge in [0.15, 0.2) is 0 Å². The van der Waals surface area contributed by atoms with Crippen molar-refractivity contribution in [2.24, 2.45) is 0 Å². The van der Waals surface area contributed by atoms with E-state index in [0.29, 0.717) is 0 Å². The van der Waals surface area contributed by atoms with E-state index in [9.17, 15) is 0 Å². The summed E-state index contributed by atoms with van der Waals surface area (Å²) in [5.74, 6) is 0.939. The molecule has 1 aliphatic heterocycles. The van der Waals surface area contributed by atoms with E-state index in [4.69, 9.17) is 9.15 Å². The Hall–Kier alpha value is -6.52. The maximum Gasteiger partial charge on any atom is 0.137 e. The van der Waals surface area contributed by atoms with Crippen molar-refractivity contribution >= 4 is 71.5 Å². The molecule has 0 saturated carbocycles. The number of nitrogens with zero attached hydrogens (tertiary/aromatic N) is 2. The molecule has 1 atom stereocenters. The van der Waals surface area contributed by atoms with Gasteiger partial charge in [0, 0.05) is 62.2 Å². The second kappa shape index (κ2) is 10.5. The Balaban J connectivity index is 1.18. The molecular weight excluding hydrogens is 613 g/mol. The lowest BCUT2D eigenvalue weighted by Crippen LogP contribution is -2.23. The molecule has 236 valence electrons. The molecule has 1 unspecified atom stereocenters. The number of furan rings is 1. The average Bonchev–Trinajstić information content (AvgIpc) is 3.85. The standard InChI is InChI=1S/C46H30N2O2/c1-2-12-30(13-3-1)48-38-17-8-6-15-34(38)37-27-31(23-25-39(37)48)47(40-18-10-20-42-46(40)35-16-7-9-19-41(35)49-42)32-22-24-36-44(28-32)50-43-26-21-29-11-4-5-14-33(29)45(36)43/h1-19,21-28,42H,20H2. The van der Waals surface area contributed by atoms with Crippen molar-refractivity contribution in [3.05, 3.63) is 175 Å². The second-order valence-corrected chi connectivity index (χ2v) is 13.2. The second-order valence-electron chi connectivity index (χ2n) is 13.2. The van der Waals surface area contributed by atoms with Crippen LogP contribution in [0.3, 0.4) is 0 Å². The van der Waals surface area contributed by atoms with Crippen molar-refractivity contribution in [1.29, 1.82) is 0 Å². The third-order valence-electron chi connectivity index (χ3n) is 10.4. The minimum absolute atomic E-state index is 0.0417. The lowest BCUT2D eigenvalue weighted by molar-refractivity contribution is 0.278. The highest BCUT2D eigenvalue weighted by atomic mass is 16.5. The minimum Gasteiger partial charge on any atom is -0.485 e. The Morgan fingerprint density at radius 1 is 0.580 bits per heavy atom. The normalized spacial score (nSPS) is 15.3. The van der Waals surface area contributed by atoms with Crippen molar-refractivity contribution < 1.29 is 9.15 Å². The van der Waals surface area contributed by atoms with Gasteiger partial charge in [-0.15, -0.1) is 0 Å². The van der Waals surface area contributed by atoms with Crippen molar-refractivity contribution in [3.63, 3.8) is 0 Å². The Kier molecular flexibility index (Phi) is 5.75. The SMILES string of the molecule is C1=CC(N(c2ccc3c(c2)oc2ccc4ccccc4c23)c2ccc3c(c2)c2ccccc2n3-c2ccccc2)=C2c3ccccc3OC2C1. The third kappa shape index (κ3) is 3.93. The van der Waals surface area contributed by atoms with Crippen LogP contribution in [0.5, 0.6) is 5.75 Å². The zero-order chi connectivity index (χ0) is 32.8. The van der Waals surface area contributed by atoms with E-state index in [-0.39, 0.29) is 6.10 Å². The van der Waals surface area contributed by atoms with Crippen LogP contribution in [0.1, 0.15) is 12.0 Å². The van der Waals surface area contributed by atoms with Crippen LogP contribution in [0.25, 0.3) is 65.8 Å². The maximum atomic E-state index is 6.61. The molecule has 4 heteroatoms. The molecule has 2 aliphatic rings. The van der Waals surface area contributed by atoms with Crippen LogP contribution in [-0.2, 0) is 0 Å². The van der Waals surface area contributed by atoms with E-state index in [0.717, 1.165) is 62.4 Å². The predicted octanol–water partition coefficient (Wildman–Crippen LogP) is 12.1. The van der Waals surface area contributed by atoms with Gasteiger partial charge in [0.2, 0.25) is 0 Å². The van der Waals surface area contributed by atoms with Crippen LogP contribution in [0.4, 0.5) is 11.4 Å². The Bertz CT molecular complexity index is 2890. The fourth-order valence-corrected chi connectivity index (χ4v) is 8.29. The molecule has 1 aliphatic carbocycles. The van der Waals surface area contributed by atoms with Crippen molar-refractivity contribution in [2.45, 2.75) is 12.5 Å².